The zero-order valence-corrected chi connectivity index (χ0v) is 16.3. The molecule has 0 heterocycles. The molecule has 0 unspecified atom stereocenters. The average molecular weight is 333 g/mol. The number of hydrogen-bond acceptors (Lipinski definition) is 1. The summed E-state index contributed by atoms with van der Waals surface area (Å²) in [7, 11) is 0. The number of rotatable bonds is 11. The van der Waals surface area contributed by atoms with E-state index >= 15 is 0 Å². The van der Waals surface area contributed by atoms with Crippen LogP contribution >= 0.6 is 0 Å². The van der Waals surface area contributed by atoms with Crippen LogP contribution in [0.5, 0.6) is 0 Å². The molecule has 0 radical (unpaired) electrons. The van der Waals surface area contributed by atoms with E-state index in [1.165, 1.54) is 82.8 Å². The van der Waals surface area contributed by atoms with Gasteiger partial charge < -0.3 is 4.74 Å². The fraction of sp³-hybridized carbons (Fsp3) is 0.826. The molecule has 0 aromatic rings. The van der Waals surface area contributed by atoms with Crippen LogP contribution in [0.15, 0.2) is 23.5 Å². The highest BCUT2D eigenvalue weighted by Crippen LogP contribution is 2.35. The Labute approximate surface area is 150 Å². The SMILES string of the molecule is CCCCCC1CCC(CCC2=CCC(OCCCC)=CC2)CC1. The van der Waals surface area contributed by atoms with Crippen molar-refractivity contribution in [1.29, 1.82) is 0 Å². The second-order valence-electron chi connectivity index (χ2n) is 8.06. The normalized spacial score (nSPS) is 24.4. The molecule has 138 valence electrons. The van der Waals surface area contributed by atoms with Crippen molar-refractivity contribution >= 4 is 0 Å². The Morgan fingerprint density at radius 3 is 2.17 bits per heavy atom. The van der Waals surface area contributed by atoms with Gasteiger partial charge in [-0.25, -0.2) is 0 Å². The van der Waals surface area contributed by atoms with Crippen molar-refractivity contribution < 1.29 is 4.74 Å². The predicted molar refractivity (Wildman–Crippen MR) is 105 cm³/mol. The molecule has 2 rings (SSSR count). The van der Waals surface area contributed by atoms with E-state index in [2.05, 4.69) is 26.0 Å². The molecule has 0 bridgehead atoms. The first-order valence-corrected chi connectivity index (χ1v) is 10.8. The van der Waals surface area contributed by atoms with Gasteiger partial charge in [-0.15, -0.1) is 0 Å². The lowest BCUT2D eigenvalue weighted by atomic mass is 9.77. The van der Waals surface area contributed by atoms with E-state index in [4.69, 9.17) is 4.74 Å². The lowest BCUT2D eigenvalue weighted by Gasteiger charge is -2.29. The van der Waals surface area contributed by atoms with Gasteiger partial charge in [-0.05, 0) is 43.6 Å². The number of hydrogen-bond donors (Lipinski definition) is 0. The van der Waals surface area contributed by atoms with E-state index in [1.807, 2.05) is 0 Å². The van der Waals surface area contributed by atoms with Crippen LogP contribution < -0.4 is 0 Å². The first-order valence-electron chi connectivity index (χ1n) is 10.8. The topological polar surface area (TPSA) is 9.23 Å². The first kappa shape index (κ1) is 19.6. The first-order chi connectivity index (χ1) is 11.8. The second kappa shape index (κ2) is 11.8. The van der Waals surface area contributed by atoms with Crippen molar-refractivity contribution in [2.45, 2.75) is 104 Å². The van der Waals surface area contributed by atoms with Crippen LogP contribution in [0.1, 0.15) is 104 Å². The van der Waals surface area contributed by atoms with Crippen LogP contribution in [0.25, 0.3) is 0 Å². The van der Waals surface area contributed by atoms with Crippen LogP contribution in [-0.2, 0) is 4.74 Å². The molecule has 1 fully saturated rings. The lowest BCUT2D eigenvalue weighted by molar-refractivity contribution is 0.200. The van der Waals surface area contributed by atoms with E-state index < -0.39 is 0 Å². The molecule has 2 aliphatic rings. The largest absolute Gasteiger partial charge is 0.498 e. The van der Waals surface area contributed by atoms with Crippen LogP contribution in [0, 0.1) is 11.8 Å². The molecule has 24 heavy (non-hydrogen) atoms. The smallest absolute Gasteiger partial charge is 0.0960 e. The van der Waals surface area contributed by atoms with Gasteiger partial charge >= 0.3 is 0 Å². The van der Waals surface area contributed by atoms with E-state index in [9.17, 15) is 0 Å². The minimum atomic E-state index is 0.896. The molecular formula is C23H40O. The highest BCUT2D eigenvalue weighted by molar-refractivity contribution is 5.18. The monoisotopic (exact) mass is 332 g/mol. The van der Waals surface area contributed by atoms with E-state index in [-0.39, 0.29) is 0 Å². The standard InChI is InChI=1S/C23H40O/c1-3-5-7-8-20-9-11-21(12-10-20)13-14-22-15-17-23(18-16-22)24-19-6-4-2/h15,18,20-21H,3-14,16-17,19H2,1-2H3. The summed E-state index contributed by atoms with van der Waals surface area (Å²) in [5.41, 5.74) is 1.66. The zero-order chi connectivity index (χ0) is 17.0. The maximum Gasteiger partial charge on any atom is 0.0960 e. The van der Waals surface area contributed by atoms with Gasteiger partial charge in [-0.1, -0.05) is 83.3 Å². The molecule has 0 N–H and O–H groups in total. The van der Waals surface area contributed by atoms with Crippen molar-refractivity contribution in [1.82, 2.24) is 0 Å². The molecule has 1 heteroatoms. The molecule has 1 nitrogen and oxygen atoms in total. The molecule has 0 amide bonds. The summed E-state index contributed by atoms with van der Waals surface area (Å²) in [4.78, 5) is 0. The molecule has 0 saturated heterocycles. The highest BCUT2D eigenvalue weighted by Gasteiger charge is 2.21. The third-order valence-corrected chi connectivity index (χ3v) is 6.03. The minimum absolute atomic E-state index is 0.896. The quantitative estimate of drug-likeness (QED) is 0.280. The number of unbranched alkanes of at least 4 members (excludes halogenated alkanes) is 3. The van der Waals surface area contributed by atoms with Crippen LogP contribution in [0.3, 0.4) is 0 Å². The van der Waals surface area contributed by atoms with Gasteiger partial charge in [0.2, 0.25) is 0 Å². The summed E-state index contributed by atoms with van der Waals surface area (Å²) in [5.74, 6) is 3.26. The summed E-state index contributed by atoms with van der Waals surface area (Å²) in [5, 5.41) is 0. The Morgan fingerprint density at radius 2 is 1.54 bits per heavy atom. The maximum atomic E-state index is 5.83. The van der Waals surface area contributed by atoms with Crippen LogP contribution in [0.4, 0.5) is 0 Å². The average Bonchev–Trinajstić information content (AvgIpc) is 2.63. The summed E-state index contributed by atoms with van der Waals surface area (Å²) >= 11 is 0. The second-order valence-corrected chi connectivity index (χ2v) is 8.06. The van der Waals surface area contributed by atoms with Crippen molar-refractivity contribution in [2.24, 2.45) is 11.8 Å². The molecule has 2 aliphatic carbocycles. The molecule has 0 atom stereocenters. The molecule has 0 aliphatic heterocycles. The van der Waals surface area contributed by atoms with Gasteiger partial charge in [0.25, 0.3) is 0 Å². The Kier molecular flexibility index (Phi) is 9.61. The van der Waals surface area contributed by atoms with Gasteiger partial charge in [0.1, 0.15) is 0 Å². The summed E-state index contributed by atoms with van der Waals surface area (Å²) < 4.78 is 5.83. The summed E-state index contributed by atoms with van der Waals surface area (Å²) in [6, 6.07) is 0. The molecule has 1 saturated carbocycles. The van der Waals surface area contributed by atoms with Crippen molar-refractivity contribution in [2.75, 3.05) is 6.61 Å². The van der Waals surface area contributed by atoms with Crippen molar-refractivity contribution in [3.63, 3.8) is 0 Å². The fourth-order valence-corrected chi connectivity index (χ4v) is 4.21. The third-order valence-electron chi connectivity index (χ3n) is 6.03. The van der Waals surface area contributed by atoms with Crippen molar-refractivity contribution in [3.05, 3.63) is 23.5 Å². The van der Waals surface area contributed by atoms with Crippen molar-refractivity contribution in [3.8, 4) is 0 Å². The fourth-order valence-electron chi connectivity index (χ4n) is 4.21. The molecule has 0 spiro atoms. The van der Waals surface area contributed by atoms with Gasteiger partial charge in [-0.3, -0.25) is 0 Å². The lowest BCUT2D eigenvalue weighted by Crippen LogP contribution is -2.15. The van der Waals surface area contributed by atoms with Gasteiger partial charge in [-0.2, -0.15) is 0 Å². The van der Waals surface area contributed by atoms with Gasteiger partial charge in [0, 0.05) is 6.42 Å². The van der Waals surface area contributed by atoms with Gasteiger partial charge in [0.05, 0.1) is 12.4 Å². The summed E-state index contributed by atoms with van der Waals surface area (Å²) in [6.07, 6.45) is 23.8. The van der Waals surface area contributed by atoms with Crippen LogP contribution in [0.2, 0.25) is 0 Å². The highest BCUT2D eigenvalue weighted by atomic mass is 16.5. The Morgan fingerprint density at radius 1 is 0.833 bits per heavy atom. The maximum absolute atomic E-state index is 5.83. The molecule has 0 aromatic heterocycles. The minimum Gasteiger partial charge on any atom is -0.498 e. The Bertz CT molecular complexity index is 385. The number of allylic oxidation sites excluding steroid dienone is 3. The Hall–Kier alpha value is -0.720. The summed E-state index contributed by atoms with van der Waals surface area (Å²) in [6.45, 7) is 5.43. The predicted octanol–water partition coefficient (Wildman–Crippen LogP) is 7.57. The zero-order valence-electron chi connectivity index (χ0n) is 16.3. The van der Waals surface area contributed by atoms with Gasteiger partial charge in [0.15, 0.2) is 0 Å². The van der Waals surface area contributed by atoms with E-state index in [0.717, 1.165) is 31.3 Å². The Balaban J connectivity index is 1.55. The number of ether oxygens (including phenoxy) is 1. The molecule has 0 aromatic carbocycles. The third kappa shape index (κ3) is 7.45. The molecular weight excluding hydrogens is 292 g/mol. The van der Waals surface area contributed by atoms with E-state index in [0.29, 0.717) is 0 Å². The van der Waals surface area contributed by atoms with E-state index in [1.54, 1.807) is 5.57 Å². The van der Waals surface area contributed by atoms with Crippen LogP contribution in [-0.4, -0.2) is 6.61 Å².